The Morgan fingerprint density at radius 1 is 1.33 bits per heavy atom. The Morgan fingerprint density at radius 3 is 2.50 bits per heavy atom. The summed E-state index contributed by atoms with van der Waals surface area (Å²) >= 11 is 0. The zero-order valence-corrected chi connectivity index (χ0v) is 13.0. The van der Waals surface area contributed by atoms with Gasteiger partial charge in [0.25, 0.3) is 0 Å². The molecule has 0 spiro atoms. The number of hydrogen-bond acceptors (Lipinski definition) is 3. The number of aromatic carboxylic acids is 1. The summed E-state index contributed by atoms with van der Waals surface area (Å²) in [6.45, 7) is 1.08. The minimum atomic E-state index is -4.64. The van der Waals surface area contributed by atoms with E-state index in [-0.39, 0.29) is 41.3 Å². The van der Waals surface area contributed by atoms with Crippen LogP contribution in [-0.4, -0.2) is 34.5 Å². The number of alkyl halides is 3. The van der Waals surface area contributed by atoms with E-state index in [1.54, 1.807) is 0 Å². The number of hydrogen-bond donors (Lipinski definition) is 2. The van der Waals surface area contributed by atoms with Crippen molar-refractivity contribution in [2.24, 2.45) is 0 Å². The number of aromatic nitrogens is 1. The second-order valence-corrected chi connectivity index (χ2v) is 5.15. The number of ether oxygens (including phenoxy) is 1. The molecule has 1 aromatic heterocycles. The highest BCUT2D eigenvalue weighted by atomic mass is 19.4. The van der Waals surface area contributed by atoms with E-state index in [1.165, 1.54) is 36.9 Å². The summed E-state index contributed by atoms with van der Waals surface area (Å²) in [6, 6.07) is 3.48. The van der Waals surface area contributed by atoms with Gasteiger partial charge in [0.1, 0.15) is 5.75 Å². The van der Waals surface area contributed by atoms with Crippen LogP contribution in [0, 0.1) is 6.92 Å². The van der Waals surface area contributed by atoms with Crippen LogP contribution in [0.2, 0.25) is 0 Å². The van der Waals surface area contributed by atoms with Gasteiger partial charge in [0.2, 0.25) is 0 Å². The van der Waals surface area contributed by atoms with Gasteiger partial charge in [-0.3, -0.25) is 0 Å². The van der Waals surface area contributed by atoms with E-state index in [2.05, 4.69) is 0 Å². The maximum Gasteiger partial charge on any atom is 0.417 e. The first-order chi connectivity index (χ1) is 11.2. The third kappa shape index (κ3) is 3.23. The van der Waals surface area contributed by atoms with Gasteiger partial charge < -0.3 is 19.5 Å². The molecule has 0 unspecified atom stereocenters. The monoisotopic (exact) mass is 343 g/mol. The topological polar surface area (TPSA) is 71.7 Å². The molecular formula is C16H16F3NO4. The van der Waals surface area contributed by atoms with Crippen molar-refractivity contribution in [3.63, 3.8) is 0 Å². The fraction of sp³-hybridized carbons (Fsp3) is 0.312. The highest BCUT2D eigenvalue weighted by Gasteiger charge is 2.35. The van der Waals surface area contributed by atoms with Gasteiger partial charge in [-0.25, -0.2) is 4.79 Å². The van der Waals surface area contributed by atoms with Crippen molar-refractivity contribution in [3.8, 4) is 17.0 Å². The number of aliphatic hydroxyl groups excluding tert-OH is 1. The molecule has 1 heterocycles. The van der Waals surface area contributed by atoms with Gasteiger partial charge in [-0.15, -0.1) is 0 Å². The molecule has 130 valence electrons. The van der Waals surface area contributed by atoms with E-state index in [0.29, 0.717) is 0 Å². The molecule has 0 amide bonds. The molecule has 0 aliphatic carbocycles. The highest BCUT2D eigenvalue weighted by molar-refractivity contribution is 5.92. The molecule has 1 aromatic carbocycles. The predicted octanol–water partition coefficient (Wildman–Crippen LogP) is 3.18. The zero-order valence-electron chi connectivity index (χ0n) is 13.0. The first kappa shape index (κ1) is 17.9. The van der Waals surface area contributed by atoms with Crippen LogP contribution in [0.4, 0.5) is 13.2 Å². The number of methoxy groups -OCH3 is 1. The van der Waals surface area contributed by atoms with E-state index < -0.39 is 17.7 Å². The van der Waals surface area contributed by atoms with Crippen molar-refractivity contribution in [3.05, 3.63) is 41.1 Å². The number of nitrogens with zero attached hydrogens (tertiary/aromatic N) is 1. The van der Waals surface area contributed by atoms with Gasteiger partial charge in [-0.05, 0) is 30.7 Å². The number of carbonyl (C=O) groups is 1. The summed E-state index contributed by atoms with van der Waals surface area (Å²) in [7, 11) is 1.26. The zero-order chi connectivity index (χ0) is 18.1. The molecule has 0 bridgehead atoms. The molecule has 2 N–H and O–H groups in total. The van der Waals surface area contributed by atoms with E-state index in [0.717, 1.165) is 6.07 Å². The lowest BCUT2D eigenvalue weighted by Crippen LogP contribution is -2.10. The molecule has 0 radical (unpaired) electrons. The molecule has 0 fully saturated rings. The maximum atomic E-state index is 13.4. The normalized spacial score (nSPS) is 11.6. The lowest BCUT2D eigenvalue weighted by atomic mass is 9.99. The van der Waals surface area contributed by atoms with Crippen molar-refractivity contribution >= 4 is 5.97 Å². The lowest BCUT2D eigenvalue weighted by Gasteiger charge is -2.17. The van der Waals surface area contributed by atoms with Gasteiger partial charge in [-0.2, -0.15) is 13.2 Å². The standard InChI is InChI=1S/C16H16F3NO4/c1-9-12(15(22)23)8-20(5-6-21)14(9)11-4-3-10(24-2)7-13(11)16(17,18)19/h3-4,7-8,21H,5-6H2,1-2H3,(H,22,23). The van der Waals surface area contributed by atoms with Crippen LogP contribution in [0.15, 0.2) is 24.4 Å². The Morgan fingerprint density at radius 2 is 2.00 bits per heavy atom. The molecule has 0 saturated heterocycles. The number of benzene rings is 1. The van der Waals surface area contributed by atoms with Gasteiger partial charge >= 0.3 is 12.1 Å². The van der Waals surface area contributed by atoms with Crippen LogP contribution in [0.25, 0.3) is 11.3 Å². The van der Waals surface area contributed by atoms with Crippen molar-refractivity contribution in [1.82, 2.24) is 4.57 Å². The maximum absolute atomic E-state index is 13.4. The number of halogens is 3. The minimum Gasteiger partial charge on any atom is -0.497 e. The molecule has 2 rings (SSSR count). The largest absolute Gasteiger partial charge is 0.497 e. The average molecular weight is 343 g/mol. The van der Waals surface area contributed by atoms with Crippen molar-refractivity contribution in [1.29, 1.82) is 0 Å². The number of carboxylic acids is 1. The average Bonchev–Trinajstić information content (AvgIpc) is 2.83. The summed E-state index contributed by atoms with van der Waals surface area (Å²) in [4.78, 5) is 11.3. The summed E-state index contributed by atoms with van der Waals surface area (Å²) in [6.07, 6.45) is -3.42. The Labute approximate surface area is 135 Å². The molecule has 0 atom stereocenters. The fourth-order valence-electron chi connectivity index (χ4n) is 2.61. The molecule has 2 aromatic rings. The molecule has 0 aliphatic heterocycles. The number of rotatable bonds is 5. The summed E-state index contributed by atoms with van der Waals surface area (Å²) in [5.74, 6) is -1.20. The molecule has 0 saturated carbocycles. The number of aliphatic hydroxyl groups is 1. The fourth-order valence-corrected chi connectivity index (χ4v) is 2.61. The Bertz CT molecular complexity index is 765. The van der Waals surface area contributed by atoms with Crippen LogP contribution in [0.1, 0.15) is 21.5 Å². The van der Waals surface area contributed by atoms with Gasteiger partial charge in [-0.1, -0.05) is 0 Å². The second-order valence-electron chi connectivity index (χ2n) is 5.15. The molecule has 0 aliphatic rings. The summed E-state index contributed by atoms with van der Waals surface area (Å²) < 4.78 is 46.5. The highest BCUT2D eigenvalue weighted by Crippen LogP contribution is 2.41. The van der Waals surface area contributed by atoms with Crippen molar-refractivity contribution in [2.75, 3.05) is 13.7 Å². The predicted molar refractivity (Wildman–Crippen MR) is 80.2 cm³/mol. The lowest BCUT2D eigenvalue weighted by molar-refractivity contribution is -0.137. The smallest absolute Gasteiger partial charge is 0.417 e. The first-order valence-corrected chi connectivity index (χ1v) is 7.00. The molecule has 24 heavy (non-hydrogen) atoms. The SMILES string of the molecule is COc1ccc(-c2c(C)c(C(=O)O)cn2CCO)c(C(F)(F)F)c1. The van der Waals surface area contributed by atoms with E-state index in [9.17, 15) is 23.1 Å². The molecular weight excluding hydrogens is 327 g/mol. The first-order valence-electron chi connectivity index (χ1n) is 7.00. The van der Waals surface area contributed by atoms with Crippen LogP contribution in [-0.2, 0) is 12.7 Å². The molecule has 8 heteroatoms. The number of carboxylic acid groups (broad SMARTS) is 1. The van der Waals surface area contributed by atoms with Crippen molar-refractivity contribution < 1.29 is 32.9 Å². The third-order valence-electron chi connectivity index (χ3n) is 3.69. The van der Waals surface area contributed by atoms with E-state index in [4.69, 9.17) is 9.84 Å². The quantitative estimate of drug-likeness (QED) is 0.875. The Hall–Kier alpha value is -2.48. The summed E-state index contributed by atoms with van der Waals surface area (Å²) in [5, 5.41) is 18.3. The van der Waals surface area contributed by atoms with E-state index in [1.807, 2.05) is 0 Å². The van der Waals surface area contributed by atoms with Gasteiger partial charge in [0.05, 0.1) is 30.5 Å². The van der Waals surface area contributed by atoms with E-state index >= 15 is 0 Å². The Balaban J connectivity index is 2.78. The van der Waals surface area contributed by atoms with Crippen LogP contribution in [0.5, 0.6) is 5.75 Å². The van der Waals surface area contributed by atoms with Crippen LogP contribution in [0.3, 0.4) is 0 Å². The third-order valence-corrected chi connectivity index (χ3v) is 3.69. The second kappa shape index (κ2) is 6.56. The van der Waals surface area contributed by atoms with Gasteiger partial charge in [0.15, 0.2) is 0 Å². The van der Waals surface area contributed by atoms with Crippen molar-refractivity contribution in [2.45, 2.75) is 19.6 Å². The van der Waals surface area contributed by atoms with Gasteiger partial charge in [0, 0.05) is 18.3 Å². The molecule has 5 nitrogen and oxygen atoms in total. The van der Waals surface area contributed by atoms with Crippen LogP contribution < -0.4 is 4.74 Å². The summed E-state index contributed by atoms with van der Waals surface area (Å²) in [5.41, 5.74) is -0.897. The van der Waals surface area contributed by atoms with Crippen LogP contribution >= 0.6 is 0 Å². The Kier molecular flexibility index (Phi) is 4.88. The minimum absolute atomic E-state index is 0.0211.